The third-order valence-corrected chi connectivity index (χ3v) is 7.92. The number of benzene rings is 2. The normalized spacial score (nSPS) is 20.5. The Bertz CT molecular complexity index is 1390. The quantitative estimate of drug-likeness (QED) is 0.479. The van der Waals surface area contributed by atoms with E-state index in [9.17, 15) is 9.90 Å². The number of hydrogen-bond donors (Lipinski definition) is 1. The number of hydrogen-bond acceptors (Lipinski definition) is 5. The van der Waals surface area contributed by atoms with E-state index in [0.717, 1.165) is 60.6 Å². The van der Waals surface area contributed by atoms with Crippen molar-refractivity contribution >= 4 is 23.1 Å². The number of pyridine rings is 1. The molecule has 2 aromatic carbocycles. The summed E-state index contributed by atoms with van der Waals surface area (Å²) in [4.78, 5) is 19.3. The highest BCUT2D eigenvalue weighted by molar-refractivity contribution is 6.30. The predicted molar refractivity (Wildman–Crippen MR) is 144 cm³/mol. The van der Waals surface area contributed by atoms with Crippen LogP contribution in [-0.4, -0.2) is 46.7 Å². The molecule has 0 bridgehead atoms. The van der Waals surface area contributed by atoms with Crippen LogP contribution in [0.15, 0.2) is 84.1 Å². The lowest BCUT2D eigenvalue weighted by atomic mass is 9.88. The Morgan fingerprint density at radius 1 is 1.00 bits per heavy atom. The maximum Gasteiger partial charge on any atom is 0.331 e. The van der Waals surface area contributed by atoms with E-state index < -0.39 is 12.2 Å². The third kappa shape index (κ3) is 4.87. The average Bonchev–Trinajstić information content (AvgIpc) is 3.21. The van der Waals surface area contributed by atoms with Gasteiger partial charge < -0.3 is 9.84 Å². The first-order chi connectivity index (χ1) is 18.1. The first kappa shape index (κ1) is 24.1. The number of cyclic esters (lactones) is 1. The van der Waals surface area contributed by atoms with Gasteiger partial charge in [-0.05, 0) is 71.7 Å². The maximum atomic E-state index is 12.1. The fourth-order valence-electron chi connectivity index (χ4n) is 5.82. The molecule has 0 saturated carbocycles. The van der Waals surface area contributed by atoms with Crippen molar-refractivity contribution < 1.29 is 14.6 Å². The standard InChI is InChI=1S/C31H29ClN2O3/c32-25-10-11-26-23(17-25)9-8-21-7-4-14-33-29(21)28(26)20-12-15-34(16-13-20)19-24-18-27(35)37-31(24)30(36)22-5-2-1-3-6-22/h1-7,10-11,14,17-18,30-31,36H,8-9,12-13,15-16,19H2. The summed E-state index contributed by atoms with van der Waals surface area (Å²) in [7, 11) is 0. The van der Waals surface area contributed by atoms with Gasteiger partial charge in [0.05, 0.1) is 5.69 Å². The molecule has 3 heterocycles. The molecule has 2 aliphatic heterocycles. The summed E-state index contributed by atoms with van der Waals surface area (Å²) in [5.41, 5.74) is 9.15. The minimum atomic E-state index is -0.877. The van der Waals surface area contributed by atoms with E-state index in [0.29, 0.717) is 6.54 Å². The third-order valence-electron chi connectivity index (χ3n) is 7.69. The van der Waals surface area contributed by atoms with E-state index in [4.69, 9.17) is 21.3 Å². The van der Waals surface area contributed by atoms with E-state index in [1.165, 1.54) is 27.8 Å². The van der Waals surface area contributed by atoms with Crippen molar-refractivity contribution in [2.24, 2.45) is 0 Å². The molecule has 3 aliphatic rings. The van der Waals surface area contributed by atoms with Crippen molar-refractivity contribution in [3.8, 4) is 0 Å². The monoisotopic (exact) mass is 512 g/mol. The average molecular weight is 513 g/mol. The molecule has 1 aliphatic carbocycles. The molecule has 5 nitrogen and oxygen atoms in total. The number of rotatable bonds is 4. The lowest BCUT2D eigenvalue weighted by Crippen LogP contribution is -2.35. The van der Waals surface area contributed by atoms with E-state index in [1.54, 1.807) is 6.08 Å². The van der Waals surface area contributed by atoms with Crippen molar-refractivity contribution in [2.45, 2.75) is 37.9 Å². The minimum Gasteiger partial charge on any atom is -0.451 e. The smallest absolute Gasteiger partial charge is 0.331 e. The summed E-state index contributed by atoms with van der Waals surface area (Å²) >= 11 is 6.36. The molecule has 6 rings (SSSR count). The first-order valence-corrected chi connectivity index (χ1v) is 13.3. The number of nitrogens with zero attached hydrogens (tertiary/aromatic N) is 2. The fourth-order valence-corrected chi connectivity index (χ4v) is 6.01. The number of esters is 1. The molecular formula is C31H29ClN2O3. The molecule has 188 valence electrons. The zero-order chi connectivity index (χ0) is 25.4. The van der Waals surface area contributed by atoms with Crippen LogP contribution in [0.2, 0.25) is 5.02 Å². The lowest BCUT2D eigenvalue weighted by Gasteiger charge is -2.32. The number of aromatic nitrogens is 1. The molecule has 0 spiro atoms. The summed E-state index contributed by atoms with van der Waals surface area (Å²) in [5.74, 6) is -0.383. The van der Waals surface area contributed by atoms with Gasteiger partial charge in [-0.25, -0.2) is 4.79 Å². The molecule has 3 aromatic rings. The molecular weight excluding hydrogens is 484 g/mol. The molecule has 1 aromatic heterocycles. The van der Waals surface area contributed by atoms with Crippen LogP contribution in [0, 0.1) is 0 Å². The number of halogens is 1. The number of carbonyl (C=O) groups is 1. The van der Waals surface area contributed by atoms with Crippen LogP contribution in [0.5, 0.6) is 0 Å². The Morgan fingerprint density at radius 2 is 1.78 bits per heavy atom. The predicted octanol–water partition coefficient (Wildman–Crippen LogP) is 5.32. The van der Waals surface area contributed by atoms with E-state index in [2.05, 4.69) is 23.1 Å². The number of aliphatic hydroxyl groups is 1. The van der Waals surface area contributed by atoms with E-state index in [1.807, 2.05) is 48.7 Å². The molecule has 1 fully saturated rings. The molecule has 0 amide bonds. The minimum absolute atomic E-state index is 0.383. The Morgan fingerprint density at radius 3 is 2.59 bits per heavy atom. The van der Waals surface area contributed by atoms with Crippen molar-refractivity contribution in [3.63, 3.8) is 0 Å². The van der Waals surface area contributed by atoms with Crippen LogP contribution in [0.3, 0.4) is 0 Å². The lowest BCUT2D eigenvalue weighted by molar-refractivity contribution is -0.143. The van der Waals surface area contributed by atoms with Gasteiger partial charge in [-0.3, -0.25) is 9.88 Å². The second-order valence-electron chi connectivity index (χ2n) is 10.00. The number of piperidine rings is 1. The van der Waals surface area contributed by atoms with Crippen LogP contribution in [0.1, 0.15) is 46.9 Å². The second-order valence-corrected chi connectivity index (χ2v) is 10.4. The van der Waals surface area contributed by atoms with Crippen LogP contribution in [0.25, 0.3) is 5.57 Å². The van der Waals surface area contributed by atoms with Crippen molar-refractivity contribution in [1.29, 1.82) is 0 Å². The summed E-state index contributed by atoms with van der Waals surface area (Å²) in [6, 6.07) is 19.8. The number of ether oxygens (including phenoxy) is 1. The van der Waals surface area contributed by atoms with Gasteiger partial charge in [0.15, 0.2) is 6.10 Å². The van der Waals surface area contributed by atoms with Gasteiger partial charge in [-0.15, -0.1) is 0 Å². The highest BCUT2D eigenvalue weighted by atomic mass is 35.5. The zero-order valence-corrected chi connectivity index (χ0v) is 21.3. The van der Waals surface area contributed by atoms with Crippen LogP contribution in [0.4, 0.5) is 0 Å². The van der Waals surface area contributed by atoms with Gasteiger partial charge in [-0.2, -0.15) is 0 Å². The number of aryl methyl sites for hydroxylation is 2. The summed E-state index contributed by atoms with van der Waals surface area (Å²) in [6.45, 7) is 2.33. The molecule has 0 radical (unpaired) electrons. The number of likely N-dealkylation sites (tertiary alicyclic amines) is 1. The molecule has 2 unspecified atom stereocenters. The molecule has 2 atom stereocenters. The molecule has 1 N–H and O–H groups in total. The van der Waals surface area contributed by atoms with Gasteiger partial charge in [0.25, 0.3) is 0 Å². The SMILES string of the molecule is O=C1C=C(CN2CCC(=C3c4ccc(Cl)cc4CCc4cccnc43)CC2)C(C(O)c2ccccc2)O1. The Kier molecular flexibility index (Phi) is 6.68. The van der Waals surface area contributed by atoms with Gasteiger partial charge in [0.2, 0.25) is 0 Å². The van der Waals surface area contributed by atoms with Gasteiger partial charge in [-0.1, -0.05) is 59.6 Å². The summed E-state index contributed by atoms with van der Waals surface area (Å²) < 4.78 is 5.51. The summed E-state index contributed by atoms with van der Waals surface area (Å²) in [6.07, 6.45) is 5.65. The highest BCUT2D eigenvalue weighted by Gasteiger charge is 2.35. The highest BCUT2D eigenvalue weighted by Crippen LogP contribution is 2.39. The van der Waals surface area contributed by atoms with E-state index >= 15 is 0 Å². The zero-order valence-electron chi connectivity index (χ0n) is 20.6. The fraction of sp³-hybridized carbons (Fsp3) is 0.290. The van der Waals surface area contributed by atoms with Gasteiger partial charge >= 0.3 is 5.97 Å². The first-order valence-electron chi connectivity index (χ1n) is 12.9. The van der Waals surface area contributed by atoms with Crippen LogP contribution in [-0.2, 0) is 22.4 Å². The van der Waals surface area contributed by atoms with Crippen molar-refractivity contribution in [1.82, 2.24) is 9.88 Å². The Balaban J connectivity index is 1.24. The number of carbonyl (C=O) groups excluding carboxylic acids is 1. The maximum absolute atomic E-state index is 12.1. The molecule has 37 heavy (non-hydrogen) atoms. The Labute approximate surface area is 222 Å². The summed E-state index contributed by atoms with van der Waals surface area (Å²) in [5, 5.41) is 11.7. The van der Waals surface area contributed by atoms with Crippen molar-refractivity contribution in [2.75, 3.05) is 19.6 Å². The number of fused-ring (bicyclic) bond motifs is 2. The largest absolute Gasteiger partial charge is 0.451 e. The topological polar surface area (TPSA) is 62.7 Å². The van der Waals surface area contributed by atoms with Crippen molar-refractivity contribution in [3.05, 3.63) is 117 Å². The van der Waals surface area contributed by atoms with Crippen LogP contribution >= 0.6 is 11.6 Å². The van der Waals surface area contributed by atoms with Crippen LogP contribution < -0.4 is 0 Å². The molecule has 6 heteroatoms. The van der Waals surface area contributed by atoms with E-state index in [-0.39, 0.29) is 5.97 Å². The van der Waals surface area contributed by atoms with Gasteiger partial charge in [0, 0.05) is 42.5 Å². The second kappa shape index (κ2) is 10.3. The number of aliphatic hydroxyl groups excluding tert-OH is 1. The Hall–Kier alpha value is -3.25. The molecule has 1 saturated heterocycles. The van der Waals surface area contributed by atoms with Gasteiger partial charge in [0.1, 0.15) is 6.10 Å².